The summed E-state index contributed by atoms with van der Waals surface area (Å²) in [7, 11) is 0. The molecule has 0 radical (unpaired) electrons. The van der Waals surface area contributed by atoms with Crippen LogP contribution in [0.2, 0.25) is 0 Å². The lowest BCUT2D eigenvalue weighted by molar-refractivity contribution is -0.136. The zero-order chi connectivity index (χ0) is 24.1. The van der Waals surface area contributed by atoms with Crippen molar-refractivity contribution in [1.29, 1.82) is 0 Å². The minimum atomic E-state index is -0.769. The van der Waals surface area contributed by atoms with Gasteiger partial charge in [0.15, 0.2) is 0 Å². The monoisotopic (exact) mass is 466 g/mol. The van der Waals surface area contributed by atoms with Crippen molar-refractivity contribution in [2.45, 2.75) is 45.3 Å². The quantitative estimate of drug-likeness (QED) is 0.572. The molecular formula is C26H34N4O4. The summed E-state index contributed by atoms with van der Waals surface area (Å²) < 4.78 is 5.43. The number of likely N-dealkylation sites (tertiary alicyclic amines) is 1. The third kappa shape index (κ3) is 5.08. The molecule has 3 amide bonds. The van der Waals surface area contributed by atoms with Gasteiger partial charge in [-0.3, -0.25) is 19.6 Å². The molecule has 4 rings (SSSR count). The maximum Gasteiger partial charge on any atom is 0.328 e. The molecule has 2 saturated heterocycles. The van der Waals surface area contributed by atoms with Crippen molar-refractivity contribution in [3.05, 3.63) is 59.9 Å². The van der Waals surface area contributed by atoms with Crippen LogP contribution in [0.4, 0.5) is 4.79 Å². The van der Waals surface area contributed by atoms with Crippen LogP contribution in [-0.2, 0) is 17.9 Å². The first kappa shape index (κ1) is 24.2. The van der Waals surface area contributed by atoms with Gasteiger partial charge in [-0.25, -0.2) is 4.79 Å². The molecule has 3 heterocycles. The molecule has 8 heteroatoms. The number of carbonyl (C=O) groups excluding carboxylic acids is 2. The Balaban J connectivity index is 1.44. The summed E-state index contributed by atoms with van der Waals surface area (Å²) in [5, 5.41) is 8.89. The summed E-state index contributed by atoms with van der Waals surface area (Å²) in [5.74, 6) is 0.921. The molecule has 182 valence electrons. The number of piperidine rings is 1. The normalized spacial score (nSPS) is 18.4. The van der Waals surface area contributed by atoms with Crippen LogP contribution in [0.5, 0.6) is 5.75 Å². The predicted octanol–water partition coefficient (Wildman–Crippen LogP) is 2.91. The Hall–Kier alpha value is -2.97. The average Bonchev–Trinajstić information content (AvgIpc) is 3.02. The highest BCUT2D eigenvalue weighted by molar-refractivity contribution is 6.07. The van der Waals surface area contributed by atoms with Crippen molar-refractivity contribution < 1.29 is 19.4 Å². The fraction of sp³-hybridized carbons (Fsp3) is 0.500. The lowest BCUT2D eigenvalue weighted by Gasteiger charge is -2.42. The number of aliphatic hydroxyl groups is 1. The van der Waals surface area contributed by atoms with E-state index in [0.29, 0.717) is 19.4 Å². The van der Waals surface area contributed by atoms with Crippen molar-refractivity contribution >= 4 is 11.9 Å². The Bertz CT molecular complexity index is 972. The standard InChI is InChI=1S/C26H34N4O4/c1-20(2)17-30-25(33)29(19-22-5-3-4-12-27-22)24(32)26(30)10-13-28(14-11-26)18-21-6-8-23(9-7-21)34-16-15-31/h3-9,12,20,31H,10-11,13-19H2,1-2H3. The van der Waals surface area contributed by atoms with Gasteiger partial charge in [0.25, 0.3) is 5.91 Å². The number of nitrogens with zero attached hydrogens (tertiary/aromatic N) is 4. The average molecular weight is 467 g/mol. The number of imide groups is 1. The first-order valence-corrected chi connectivity index (χ1v) is 12.0. The van der Waals surface area contributed by atoms with Crippen molar-refractivity contribution in [1.82, 2.24) is 19.7 Å². The van der Waals surface area contributed by atoms with Crippen molar-refractivity contribution in [2.75, 3.05) is 32.8 Å². The van der Waals surface area contributed by atoms with Crippen LogP contribution in [-0.4, -0.2) is 75.1 Å². The number of aliphatic hydroxyl groups excluding tert-OH is 1. The van der Waals surface area contributed by atoms with Crippen LogP contribution in [0, 0.1) is 5.92 Å². The number of aromatic nitrogens is 1. The second-order valence-corrected chi connectivity index (χ2v) is 9.52. The van der Waals surface area contributed by atoms with Crippen LogP contribution in [0.1, 0.15) is 37.9 Å². The highest BCUT2D eigenvalue weighted by Gasteiger charge is 2.57. The van der Waals surface area contributed by atoms with Crippen LogP contribution >= 0.6 is 0 Å². The molecule has 0 bridgehead atoms. The molecule has 0 saturated carbocycles. The first-order valence-electron chi connectivity index (χ1n) is 12.0. The van der Waals surface area contributed by atoms with Gasteiger partial charge in [-0.15, -0.1) is 0 Å². The van der Waals surface area contributed by atoms with Gasteiger partial charge in [-0.1, -0.05) is 32.0 Å². The summed E-state index contributed by atoms with van der Waals surface area (Å²) in [6.45, 7) is 7.48. The lowest BCUT2D eigenvalue weighted by atomic mass is 9.85. The SMILES string of the molecule is CC(C)CN1C(=O)N(Cc2ccccn2)C(=O)C12CCN(Cc1ccc(OCCO)cc1)CC2. The predicted molar refractivity (Wildman–Crippen MR) is 128 cm³/mol. The number of rotatable bonds is 9. The molecule has 2 aromatic rings. The largest absolute Gasteiger partial charge is 0.491 e. The van der Waals surface area contributed by atoms with Crippen molar-refractivity contribution in [3.63, 3.8) is 0 Å². The minimum Gasteiger partial charge on any atom is -0.491 e. The molecule has 34 heavy (non-hydrogen) atoms. The second-order valence-electron chi connectivity index (χ2n) is 9.52. The first-order chi connectivity index (χ1) is 16.4. The van der Waals surface area contributed by atoms with Gasteiger partial charge in [0.05, 0.1) is 18.8 Å². The minimum absolute atomic E-state index is 0.00831. The van der Waals surface area contributed by atoms with Crippen molar-refractivity contribution in [3.8, 4) is 5.75 Å². The van der Waals surface area contributed by atoms with Gasteiger partial charge >= 0.3 is 6.03 Å². The Kier molecular flexibility index (Phi) is 7.48. The molecule has 2 aliphatic heterocycles. The lowest BCUT2D eigenvalue weighted by Crippen LogP contribution is -2.57. The molecule has 0 atom stereocenters. The maximum absolute atomic E-state index is 13.7. The highest BCUT2D eigenvalue weighted by Crippen LogP contribution is 2.38. The number of pyridine rings is 1. The maximum atomic E-state index is 13.7. The Morgan fingerprint density at radius 3 is 2.41 bits per heavy atom. The van der Waals surface area contributed by atoms with Crippen LogP contribution in [0.25, 0.3) is 0 Å². The fourth-order valence-electron chi connectivity index (χ4n) is 4.87. The van der Waals surface area contributed by atoms with E-state index in [0.717, 1.165) is 36.6 Å². The summed E-state index contributed by atoms with van der Waals surface area (Å²) in [5.41, 5.74) is 1.11. The van der Waals surface area contributed by atoms with Crippen LogP contribution in [0.3, 0.4) is 0 Å². The number of urea groups is 1. The van der Waals surface area contributed by atoms with Gasteiger partial charge in [-0.2, -0.15) is 0 Å². The van der Waals surface area contributed by atoms with Crippen molar-refractivity contribution in [2.24, 2.45) is 5.92 Å². The van der Waals surface area contributed by atoms with Gasteiger partial charge in [-0.05, 0) is 48.6 Å². The number of benzene rings is 1. The molecule has 0 unspecified atom stereocenters. The Labute approximate surface area is 201 Å². The van der Waals surface area contributed by atoms with Gasteiger partial charge in [0.2, 0.25) is 0 Å². The Morgan fingerprint density at radius 1 is 1.06 bits per heavy atom. The smallest absolute Gasteiger partial charge is 0.328 e. The summed E-state index contributed by atoms with van der Waals surface area (Å²) in [4.78, 5) is 36.9. The Morgan fingerprint density at radius 2 is 1.79 bits per heavy atom. The van der Waals surface area contributed by atoms with Crippen LogP contribution < -0.4 is 4.74 Å². The molecule has 1 aromatic heterocycles. The fourth-order valence-corrected chi connectivity index (χ4v) is 4.87. The van der Waals surface area contributed by atoms with E-state index in [1.807, 2.05) is 47.4 Å². The number of carbonyl (C=O) groups is 2. The van der Waals surface area contributed by atoms with E-state index in [9.17, 15) is 9.59 Å². The van der Waals surface area contributed by atoms with Gasteiger partial charge in [0, 0.05) is 32.4 Å². The highest BCUT2D eigenvalue weighted by atomic mass is 16.5. The van der Waals surface area contributed by atoms with E-state index >= 15 is 0 Å². The van der Waals surface area contributed by atoms with E-state index in [4.69, 9.17) is 9.84 Å². The zero-order valence-corrected chi connectivity index (χ0v) is 20.0. The topological polar surface area (TPSA) is 86.2 Å². The molecule has 2 aliphatic rings. The second kappa shape index (κ2) is 10.5. The number of amides is 3. The van der Waals surface area contributed by atoms with E-state index in [-0.39, 0.29) is 37.6 Å². The molecule has 8 nitrogen and oxygen atoms in total. The summed E-state index contributed by atoms with van der Waals surface area (Å²) in [6.07, 6.45) is 2.94. The van der Waals surface area contributed by atoms with Crippen LogP contribution in [0.15, 0.2) is 48.7 Å². The molecular weight excluding hydrogens is 432 g/mol. The van der Waals surface area contributed by atoms with Gasteiger partial charge < -0.3 is 14.7 Å². The van der Waals surface area contributed by atoms with Gasteiger partial charge in [0.1, 0.15) is 17.9 Å². The third-order valence-electron chi connectivity index (χ3n) is 6.59. The van der Waals surface area contributed by atoms with E-state index in [1.54, 1.807) is 6.20 Å². The summed E-state index contributed by atoms with van der Waals surface area (Å²) >= 11 is 0. The van der Waals surface area contributed by atoms with E-state index in [2.05, 4.69) is 23.7 Å². The number of hydrogen-bond acceptors (Lipinski definition) is 6. The molecule has 2 fully saturated rings. The molecule has 1 spiro atoms. The van der Waals surface area contributed by atoms with E-state index in [1.165, 1.54) is 4.90 Å². The number of hydrogen-bond donors (Lipinski definition) is 1. The molecule has 1 N–H and O–H groups in total. The third-order valence-corrected chi connectivity index (χ3v) is 6.59. The number of ether oxygens (including phenoxy) is 1. The van der Waals surface area contributed by atoms with E-state index < -0.39 is 5.54 Å². The summed E-state index contributed by atoms with van der Waals surface area (Å²) in [6, 6.07) is 13.2. The molecule has 1 aromatic carbocycles. The zero-order valence-electron chi connectivity index (χ0n) is 20.0. The molecule has 0 aliphatic carbocycles.